The maximum atomic E-state index is 13.0. The molecule has 4 aromatic rings. The quantitative estimate of drug-likeness (QED) is 0.254. The number of carbonyl (C=O) groups is 3. The highest BCUT2D eigenvalue weighted by molar-refractivity contribution is 6.16. The maximum Gasteiger partial charge on any atom is 0.415 e. The molecule has 2 unspecified atom stereocenters. The summed E-state index contributed by atoms with van der Waals surface area (Å²) in [6, 6.07) is 23.6. The third kappa shape index (κ3) is 5.37. The van der Waals surface area contributed by atoms with Gasteiger partial charge in [0.1, 0.15) is 22.7 Å². The summed E-state index contributed by atoms with van der Waals surface area (Å²) in [4.78, 5) is 45.1. The van der Waals surface area contributed by atoms with Gasteiger partial charge in [0.15, 0.2) is 0 Å². The van der Waals surface area contributed by atoms with Crippen LogP contribution in [0, 0.1) is 5.41 Å². The van der Waals surface area contributed by atoms with E-state index in [0.717, 1.165) is 31.3 Å². The SMILES string of the molecule is O=C(Oc1ccc2c(Oc3ccc(NC(=O)C4(C(=O)Nc5ccccc5)CC4)cc3)ccnc2c1)N1C2CCC1CNC2. The molecule has 3 N–H and O–H groups in total. The fraction of sp³-hybridized carbons (Fsp3) is 0.273. The number of nitrogens with zero attached hydrogens (tertiary/aromatic N) is 2. The molecule has 1 aromatic heterocycles. The lowest BCUT2D eigenvalue weighted by Gasteiger charge is -2.34. The largest absolute Gasteiger partial charge is 0.457 e. The number of benzene rings is 3. The molecule has 3 aliphatic rings. The minimum atomic E-state index is -1.06. The van der Waals surface area contributed by atoms with E-state index >= 15 is 0 Å². The molecule has 1 aliphatic carbocycles. The van der Waals surface area contributed by atoms with Gasteiger partial charge < -0.3 is 25.4 Å². The van der Waals surface area contributed by atoms with Gasteiger partial charge in [-0.2, -0.15) is 0 Å². The standard InChI is InChI=1S/C33H31N5O5/c39-30(36-21-4-2-1-3-5-21)33(15-16-33)31(40)37-22-6-10-25(11-7-22)42-29-14-17-35-28-18-26(12-13-27(28)29)43-32(41)38-23-8-9-24(38)20-34-19-23/h1-7,10-14,17-18,23-24,34H,8-9,15-16,19-20H2,(H,36,39)(H,37,40). The Morgan fingerprint density at radius 1 is 0.814 bits per heavy atom. The van der Waals surface area contributed by atoms with E-state index < -0.39 is 5.41 Å². The van der Waals surface area contributed by atoms with E-state index in [0.29, 0.717) is 47.0 Å². The summed E-state index contributed by atoms with van der Waals surface area (Å²) in [5, 5.41) is 9.85. The summed E-state index contributed by atoms with van der Waals surface area (Å²) in [7, 11) is 0. The number of fused-ring (bicyclic) bond motifs is 3. The van der Waals surface area contributed by atoms with Crippen LogP contribution in [0.3, 0.4) is 0 Å². The van der Waals surface area contributed by atoms with Crippen LogP contribution in [0.1, 0.15) is 25.7 Å². The minimum Gasteiger partial charge on any atom is -0.457 e. The molecule has 2 aliphatic heterocycles. The van der Waals surface area contributed by atoms with Crippen LogP contribution < -0.4 is 25.4 Å². The van der Waals surface area contributed by atoms with Crippen molar-refractivity contribution in [2.45, 2.75) is 37.8 Å². The minimum absolute atomic E-state index is 0.179. The second kappa shape index (κ2) is 11.0. The summed E-state index contributed by atoms with van der Waals surface area (Å²) >= 11 is 0. The molecule has 3 fully saturated rings. The molecule has 10 nitrogen and oxygen atoms in total. The molecular weight excluding hydrogens is 546 g/mol. The van der Waals surface area contributed by atoms with Crippen LogP contribution in [0.15, 0.2) is 85.1 Å². The molecule has 43 heavy (non-hydrogen) atoms. The smallest absolute Gasteiger partial charge is 0.415 e. The second-order valence-electron chi connectivity index (χ2n) is 11.3. The van der Waals surface area contributed by atoms with Crippen molar-refractivity contribution in [3.63, 3.8) is 0 Å². The number of hydrogen-bond donors (Lipinski definition) is 3. The van der Waals surface area contributed by atoms with Crippen LogP contribution in [0.4, 0.5) is 16.2 Å². The number of aromatic nitrogens is 1. The molecular formula is C33H31N5O5. The molecule has 2 bridgehead atoms. The molecule has 218 valence electrons. The van der Waals surface area contributed by atoms with Gasteiger partial charge in [0.25, 0.3) is 0 Å². The highest BCUT2D eigenvalue weighted by Gasteiger charge is 2.56. The van der Waals surface area contributed by atoms with Gasteiger partial charge in [0, 0.05) is 54.2 Å². The Hall–Kier alpha value is -4.96. The topological polar surface area (TPSA) is 122 Å². The van der Waals surface area contributed by atoms with Crippen molar-refractivity contribution in [2.75, 3.05) is 23.7 Å². The molecule has 2 saturated heterocycles. The third-order valence-corrected chi connectivity index (χ3v) is 8.46. The highest BCUT2D eigenvalue weighted by Crippen LogP contribution is 2.47. The number of anilines is 2. The Balaban J connectivity index is 0.993. The van der Waals surface area contributed by atoms with Crippen LogP contribution in [0.25, 0.3) is 10.9 Å². The van der Waals surface area contributed by atoms with Gasteiger partial charge in [0.05, 0.1) is 5.52 Å². The Labute approximate surface area is 248 Å². The van der Waals surface area contributed by atoms with E-state index in [1.807, 2.05) is 29.2 Å². The first-order valence-corrected chi connectivity index (χ1v) is 14.5. The van der Waals surface area contributed by atoms with E-state index in [1.54, 1.807) is 60.8 Å². The van der Waals surface area contributed by atoms with Crippen LogP contribution >= 0.6 is 0 Å². The van der Waals surface area contributed by atoms with E-state index in [2.05, 4.69) is 20.9 Å². The van der Waals surface area contributed by atoms with E-state index in [-0.39, 0.29) is 30.0 Å². The highest BCUT2D eigenvalue weighted by atomic mass is 16.6. The number of hydrogen-bond acceptors (Lipinski definition) is 7. The first-order chi connectivity index (χ1) is 21.0. The molecule has 10 heteroatoms. The van der Waals surface area contributed by atoms with Crippen molar-refractivity contribution in [1.29, 1.82) is 0 Å². The molecule has 0 radical (unpaired) electrons. The molecule has 3 heterocycles. The normalized spacial score (nSPS) is 19.9. The Kier molecular flexibility index (Phi) is 6.90. The number of nitrogens with one attached hydrogen (secondary N) is 3. The van der Waals surface area contributed by atoms with Gasteiger partial charge in [-0.1, -0.05) is 18.2 Å². The summed E-state index contributed by atoms with van der Waals surface area (Å²) in [6.07, 6.45) is 4.32. The molecule has 3 aromatic carbocycles. The van der Waals surface area contributed by atoms with Crippen molar-refractivity contribution >= 4 is 40.2 Å². The van der Waals surface area contributed by atoms with Crippen molar-refractivity contribution in [1.82, 2.24) is 15.2 Å². The Bertz CT molecular complexity index is 1670. The summed E-state index contributed by atoms with van der Waals surface area (Å²) in [6.45, 7) is 1.59. The average Bonchev–Trinajstić information content (AvgIpc) is 3.80. The van der Waals surface area contributed by atoms with Crippen molar-refractivity contribution in [3.05, 3.63) is 85.1 Å². The zero-order valence-corrected chi connectivity index (χ0v) is 23.4. The maximum absolute atomic E-state index is 13.0. The predicted molar refractivity (Wildman–Crippen MR) is 161 cm³/mol. The second-order valence-corrected chi connectivity index (χ2v) is 11.3. The fourth-order valence-corrected chi connectivity index (χ4v) is 5.92. The molecule has 1 saturated carbocycles. The van der Waals surface area contributed by atoms with Gasteiger partial charge >= 0.3 is 6.09 Å². The first-order valence-electron chi connectivity index (χ1n) is 14.5. The van der Waals surface area contributed by atoms with Crippen molar-refractivity contribution in [3.8, 4) is 17.2 Å². The van der Waals surface area contributed by atoms with Gasteiger partial charge in [0.2, 0.25) is 11.8 Å². The van der Waals surface area contributed by atoms with Crippen LogP contribution in [-0.4, -0.2) is 53.0 Å². The summed E-state index contributed by atoms with van der Waals surface area (Å²) in [5.41, 5.74) is 0.813. The monoisotopic (exact) mass is 577 g/mol. The number of pyridine rings is 1. The Morgan fingerprint density at radius 3 is 2.14 bits per heavy atom. The fourth-order valence-electron chi connectivity index (χ4n) is 5.92. The number of amides is 3. The first kappa shape index (κ1) is 26.9. The van der Waals surface area contributed by atoms with Gasteiger partial charge in [-0.25, -0.2) is 4.79 Å². The van der Waals surface area contributed by atoms with E-state index in [4.69, 9.17) is 9.47 Å². The average molecular weight is 578 g/mol. The number of piperazine rings is 1. The molecule has 2 atom stereocenters. The van der Waals surface area contributed by atoms with Gasteiger partial charge in [-0.3, -0.25) is 19.5 Å². The van der Waals surface area contributed by atoms with E-state index in [9.17, 15) is 14.4 Å². The van der Waals surface area contributed by atoms with Gasteiger partial charge in [-0.05, 0) is 80.3 Å². The zero-order valence-electron chi connectivity index (χ0n) is 23.4. The van der Waals surface area contributed by atoms with Gasteiger partial charge in [-0.15, -0.1) is 0 Å². The summed E-state index contributed by atoms with van der Waals surface area (Å²) < 4.78 is 11.9. The van der Waals surface area contributed by atoms with Crippen LogP contribution in [0.2, 0.25) is 0 Å². The van der Waals surface area contributed by atoms with Crippen LogP contribution in [-0.2, 0) is 9.59 Å². The predicted octanol–water partition coefficient (Wildman–Crippen LogP) is 5.32. The number of rotatable bonds is 7. The molecule has 0 spiro atoms. The zero-order chi connectivity index (χ0) is 29.4. The van der Waals surface area contributed by atoms with E-state index in [1.165, 1.54) is 0 Å². The van der Waals surface area contributed by atoms with Crippen molar-refractivity contribution < 1.29 is 23.9 Å². The summed E-state index contributed by atoms with van der Waals surface area (Å²) in [5.74, 6) is 0.976. The Morgan fingerprint density at radius 2 is 1.47 bits per heavy atom. The number of para-hydroxylation sites is 1. The molecule has 3 amide bonds. The lowest BCUT2D eigenvalue weighted by Crippen LogP contribution is -2.54. The number of carbonyl (C=O) groups excluding carboxylic acids is 3. The third-order valence-electron chi connectivity index (χ3n) is 8.46. The van der Waals surface area contributed by atoms with Crippen molar-refractivity contribution in [2.24, 2.45) is 5.41 Å². The van der Waals surface area contributed by atoms with Crippen LogP contribution in [0.5, 0.6) is 17.2 Å². The lowest BCUT2D eigenvalue weighted by atomic mass is 10.0. The lowest BCUT2D eigenvalue weighted by molar-refractivity contribution is -0.131. The number of ether oxygens (including phenoxy) is 2. The molecule has 7 rings (SSSR count).